The Morgan fingerprint density at radius 2 is 2.14 bits per heavy atom. The first-order valence-corrected chi connectivity index (χ1v) is 8.04. The van der Waals surface area contributed by atoms with Crippen molar-refractivity contribution < 1.29 is 9.18 Å². The van der Waals surface area contributed by atoms with Crippen molar-refractivity contribution in [3.8, 4) is 0 Å². The van der Waals surface area contributed by atoms with Crippen molar-refractivity contribution in [1.82, 2.24) is 9.80 Å². The van der Waals surface area contributed by atoms with Crippen LogP contribution in [0.1, 0.15) is 36.5 Å². The Morgan fingerprint density at radius 3 is 2.90 bits per heavy atom. The topological polar surface area (TPSA) is 23.6 Å². The predicted molar refractivity (Wildman–Crippen MR) is 83.4 cm³/mol. The van der Waals surface area contributed by atoms with Gasteiger partial charge in [-0.1, -0.05) is 6.42 Å². The van der Waals surface area contributed by atoms with Gasteiger partial charge in [0.1, 0.15) is 5.82 Å². The van der Waals surface area contributed by atoms with E-state index in [0.29, 0.717) is 11.6 Å². The van der Waals surface area contributed by atoms with E-state index in [4.69, 9.17) is 0 Å². The van der Waals surface area contributed by atoms with Crippen LogP contribution in [-0.4, -0.2) is 47.4 Å². The summed E-state index contributed by atoms with van der Waals surface area (Å²) in [7, 11) is 0. The second-order valence-electron chi connectivity index (χ2n) is 6.12. The molecule has 1 aromatic carbocycles. The Labute approximate surface area is 130 Å². The Balaban J connectivity index is 1.78. The molecule has 0 N–H and O–H groups in total. The minimum Gasteiger partial charge on any atom is -0.333 e. The van der Waals surface area contributed by atoms with Gasteiger partial charge in [0.15, 0.2) is 0 Å². The van der Waals surface area contributed by atoms with E-state index in [1.165, 1.54) is 25.0 Å². The van der Waals surface area contributed by atoms with E-state index in [9.17, 15) is 9.18 Å². The molecule has 2 aliphatic rings. The summed E-state index contributed by atoms with van der Waals surface area (Å²) in [6, 6.07) is 5.07. The first kappa shape index (κ1) is 14.9. The number of thiol groups is 1. The van der Waals surface area contributed by atoms with Crippen LogP contribution in [0.3, 0.4) is 0 Å². The van der Waals surface area contributed by atoms with Crippen molar-refractivity contribution in [3.63, 3.8) is 0 Å². The van der Waals surface area contributed by atoms with Crippen LogP contribution in [0.25, 0.3) is 0 Å². The van der Waals surface area contributed by atoms with Crippen LogP contribution >= 0.6 is 12.6 Å². The molecular formula is C16H21FN2OS. The summed E-state index contributed by atoms with van der Waals surface area (Å²) < 4.78 is 13.3. The number of piperidine rings is 1. The molecular weight excluding hydrogens is 287 g/mol. The van der Waals surface area contributed by atoms with Crippen molar-refractivity contribution in [2.75, 3.05) is 19.6 Å². The van der Waals surface area contributed by atoms with Gasteiger partial charge >= 0.3 is 0 Å². The lowest BCUT2D eigenvalue weighted by atomic mass is 9.96. The van der Waals surface area contributed by atoms with Gasteiger partial charge in [0.25, 0.3) is 5.91 Å². The standard InChI is InChI=1S/C16H21FN2OS/c1-11-9-18-7-3-2-4-13(18)10-19(11)16(20)12-5-6-14(17)15(21)8-12/h5-6,8,11,13,21H,2-4,7,9-10H2,1H3. The fourth-order valence-electron chi connectivity index (χ4n) is 3.45. The van der Waals surface area contributed by atoms with E-state index in [1.807, 2.05) is 4.90 Å². The van der Waals surface area contributed by atoms with Crippen LogP contribution in [0, 0.1) is 5.82 Å². The molecule has 0 radical (unpaired) electrons. The van der Waals surface area contributed by atoms with E-state index >= 15 is 0 Å². The van der Waals surface area contributed by atoms with Crippen LogP contribution < -0.4 is 0 Å². The number of halogens is 1. The summed E-state index contributed by atoms with van der Waals surface area (Å²) in [5.74, 6) is -0.400. The lowest BCUT2D eigenvalue weighted by Gasteiger charge is -2.47. The van der Waals surface area contributed by atoms with Gasteiger partial charge in [-0.05, 0) is 44.5 Å². The highest BCUT2D eigenvalue weighted by Gasteiger charge is 2.35. The molecule has 21 heavy (non-hydrogen) atoms. The lowest BCUT2D eigenvalue weighted by Crippen LogP contribution is -2.60. The van der Waals surface area contributed by atoms with Gasteiger partial charge in [0, 0.05) is 35.6 Å². The highest BCUT2D eigenvalue weighted by molar-refractivity contribution is 7.80. The van der Waals surface area contributed by atoms with Crippen LogP contribution in [-0.2, 0) is 0 Å². The lowest BCUT2D eigenvalue weighted by molar-refractivity contribution is 0.0151. The number of fused-ring (bicyclic) bond motifs is 1. The largest absolute Gasteiger partial charge is 0.333 e. The maximum Gasteiger partial charge on any atom is 0.254 e. The average Bonchev–Trinajstić information content (AvgIpc) is 2.48. The third-order valence-corrected chi connectivity index (χ3v) is 4.98. The summed E-state index contributed by atoms with van der Waals surface area (Å²) in [4.78, 5) is 17.4. The van der Waals surface area contributed by atoms with Crippen molar-refractivity contribution >= 4 is 18.5 Å². The molecule has 114 valence electrons. The molecule has 0 saturated carbocycles. The van der Waals surface area contributed by atoms with E-state index < -0.39 is 0 Å². The number of piperazine rings is 1. The zero-order chi connectivity index (χ0) is 15.0. The fraction of sp³-hybridized carbons (Fsp3) is 0.562. The number of hydrogen-bond acceptors (Lipinski definition) is 3. The molecule has 2 saturated heterocycles. The molecule has 2 atom stereocenters. The van der Waals surface area contributed by atoms with E-state index in [0.717, 1.165) is 26.1 Å². The van der Waals surface area contributed by atoms with Crippen molar-refractivity contribution in [2.24, 2.45) is 0 Å². The summed E-state index contributed by atoms with van der Waals surface area (Å²) in [6.45, 7) is 4.95. The van der Waals surface area contributed by atoms with Crippen LogP contribution in [0.2, 0.25) is 0 Å². The highest BCUT2D eigenvalue weighted by Crippen LogP contribution is 2.25. The van der Waals surface area contributed by atoms with Gasteiger partial charge in [-0.15, -0.1) is 12.6 Å². The van der Waals surface area contributed by atoms with Crippen LogP contribution in [0.5, 0.6) is 0 Å². The Kier molecular flexibility index (Phi) is 4.22. The summed E-state index contributed by atoms with van der Waals surface area (Å²) in [5, 5.41) is 0. The van der Waals surface area contributed by atoms with Crippen LogP contribution in [0.4, 0.5) is 4.39 Å². The molecule has 0 spiro atoms. The summed E-state index contributed by atoms with van der Waals surface area (Å²) >= 11 is 4.07. The van der Waals surface area contributed by atoms with E-state index in [1.54, 1.807) is 6.07 Å². The van der Waals surface area contributed by atoms with Gasteiger partial charge in [0.2, 0.25) is 0 Å². The quantitative estimate of drug-likeness (QED) is 0.807. The normalized spacial score (nSPS) is 26.5. The van der Waals surface area contributed by atoms with Crippen molar-refractivity contribution in [1.29, 1.82) is 0 Å². The number of carbonyl (C=O) groups excluding carboxylic acids is 1. The molecule has 3 nitrogen and oxygen atoms in total. The van der Waals surface area contributed by atoms with Crippen molar-refractivity contribution in [3.05, 3.63) is 29.6 Å². The smallest absolute Gasteiger partial charge is 0.254 e. The number of carbonyl (C=O) groups is 1. The van der Waals surface area contributed by atoms with Gasteiger partial charge in [-0.2, -0.15) is 0 Å². The molecule has 2 aliphatic heterocycles. The zero-order valence-electron chi connectivity index (χ0n) is 12.3. The molecule has 0 aromatic heterocycles. The molecule has 2 heterocycles. The van der Waals surface area contributed by atoms with Gasteiger partial charge in [-0.3, -0.25) is 9.69 Å². The first-order chi connectivity index (χ1) is 10.1. The Hall–Kier alpha value is -1.07. The fourth-order valence-corrected chi connectivity index (χ4v) is 3.66. The van der Waals surface area contributed by atoms with E-state index in [-0.39, 0.29) is 22.7 Å². The molecule has 1 aromatic rings. The highest BCUT2D eigenvalue weighted by atomic mass is 32.1. The second kappa shape index (κ2) is 5.97. The monoisotopic (exact) mass is 308 g/mol. The third-order valence-electron chi connectivity index (χ3n) is 4.64. The maximum atomic E-state index is 13.3. The van der Waals surface area contributed by atoms with Crippen LogP contribution in [0.15, 0.2) is 23.1 Å². The third kappa shape index (κ3) is 2.94. The molecule has 3 rings (SSSR count). The number of nitrogens with zero attached hydrogens (tertiary/aromatic N) is 2. The van der Waals surface area contributed by atoms with Gasteiger partial charge < -0.3 is 4.90 Å². The predicted octanol–water partition coefficient (Wildman–Crippen LogP) is 2.81. The summed E-state index contributed by atoms with van der Waals surface area (Å²) in [6.07, 6.45) is 3.67. The first-order valence-electron chi connectivity index (χ1n) is 7.60. The number of hydrogen-bond donors (Lipinski definition) is 1. The molecule has 1 amide bonds. The van der Waals surface area contributed by atoms with E-state index in [2.05, 4.69) is 24.5 Å². The van der Waals surface area contributed by atoms with Crippen molar-refractivity contribution in [2.45, 2.75) is 43.2 Å². The zero-order valence-corrected chi connectivity index (χ0v) is 13.2. The summed E-state index contributed by atoms with van der Waals surface area (Å²) in [5.41, 5.74) is 0.525. The number of benzene rings is 1. The Morgan fingerprint density at radius 1 is 1.33 bits per heavy atom. The molecule has 0 bridgehead atoms. The average molecular weight is 308 g/mol. The van der Waals surface area contributed by atoms with Gasteiger partial charge in [0.05, 0.1) is 0 Å². The number of amides is 1. The Bertz CT molecular complexity index is 551. The molecule has 2 unspecified atom stereocenters. The molecule has 2 fully saturated rings. The molecule has 0 aliphatic carbocycles. The maximum absolute atomic E-state index is 13.3. The minimum atomic E-state index is -0.389. The second-order valence-corrected chi connectivity index (χ2v) is 6.60. The minimum absolute atomic E-state index is 0.0111. The molecule has 5 heteroatoms. The number of rotatable bonds is 1. The SMILES string of the molecule is CC1CN2CCCCC2CN1C(=O)c1ccc(F)c(S)c1. The van der Waals surface area contributed by atoms with Gasteiger partial charge in [-0.25, -0.2) is 4.39 Å².